The molecular formula is C32H31F3N4O4. The molecule has 3 unspecified atom stereocenters. The topological polar surface area (TPSA) is 96.8 Å². The number of anilines is 1. The second-order valence-electron chi connectivity index (χ2n) is 12.0. The number of hydrogen-bond donors (Lipinski definition) is 2. The molecule has 0 radical (unpaired) electrons. The van der Waals surface area contributed by atoms with E-state index in [1.807, 2.05) is 4.90 Å². The van der Waals surface area contributed by atoms with E-state index in [1.165, 1.54) is 30.3 Å². The first-order valence-electron chi connectivity index (χ1n) is 14.6. The fourth-order valence-electron chi connectivity index (χ4n) is 6.79. The predicted molar refractivity (Wildman–Crippen MR) is 155 cm³/mol. The molecule has 0 spiro atoms. The van der Waals surface area contributed by atoms with Crippen LogP contribution in [0.15, 0.2) is 30.3 Å². The van der Waals surface area contributed by atoms with Crippen LogP contribution in [-0.2, 0) is 16.0 Å². The third kappa shape index (κ3) is 4.79. The van der Waals surface area contributed by atoms with Crippen molar-refractivity contribution in [2.24, 2.45) is 0 Å². The van der Waals surface area contributed by atoms with Crippen LogP contribution in [0.4, 0.5) is 19.0 Å². The van der Waals surface area contributed by atoms with Crippen LogP contribution in [0, 0.1) is 17.5 Å². The largest absolute Gasteiger partial charge is 0.508 e. The zero-order valence-electron chi connectivity index (χ0n) is 23.8. The Morgan fingerprint density at radius 3 is 2.58 bits per heavy atom. The molecule has 43 heavy (non-hydrogen) atoms. The highest BCUT2D eigenvalue weighted by atomic mass is 19.1. The Bertz CT molecular complexity index is 1790. The number of aromatic hydroxyl groups is 1. The highest BCUT2D eigenvalue weighted by Crippen LogP contribution is 2.42. The Balaban J connectivity index is 1.42. The number of piperazine rings is 1. The second-order valence-corrected chi connectivity index (χ2v) is 12.0. The van der Waals surface area contributed by atoms with Gasteiger partial charge in [0.1, 0.15) is 40.9 Å². The molecule has 7 rings (SSSR count). The van der Waals surface area contributed by atoms with Crippen molar-refractivity contribution in [2.75, 3.05) is 24.6 Å². The molecule has 0 amide bonds. The summed E-state index contributed by atoms with van der Waals surface area (Å²) in [5, 5.41) is 15.0. The monoisotopic (exact) mass is 592 g/mol. The molecule has 1 aromatic heterocycles. The van der Waals surface area contributed by atoms with Crippen LogP contribution in [0.5, 0.6) is 11.8 Å². The first kappa shape index (κ1) is 27.7. The number of halogens is 3. The summed E-state index contributed by atoms with van der Waals surface area (Å²) in [6.07, 6.45) is 2.98. The number of cyclic esters (lactones) is 1. The molecule has 224 valence electrons. The quantitative estimate of drug-likeness (QED) is 0.282. The number of hydrogen-bond acceptors (Lipinski definition) is 8. The van der Waals surface area contributed by atoms with Gasteiger partial charge in [0.05, 0.1) is 5.56 Å². The summed E-state index contributed by atoms with van der Waals surface area (Å²) in [5.41, 5.74) is -1.16. The molecule has 3 atom stereocenters. The van der Waals surface area contributed by atoms with Gasteiger partial charge in [-0.2, -0.15) is 9.97 Å². The average molecular weight is 593 g/mol. The number of aromatic nitrogens is 2. The maximum atomic E-state index is 16.7. The van der Waals surface area contributed by atoms with Crippen molar-refractivity contribution in [1.29, 1.82) is 0 Å². The van der Waals surface area contributed by atoms with Gasteiger partial charge < -0.3 is 24.8 Å². The van der Waals surface area contributed by atoms with Gasteiger partial charge in [0.2, 0.25) is 0 Å². The minimum Gasteiger partial charge on any atom is -0.508 e. The number of nitrogens with zero attached hydrogens (tertiary/aromatic N) is 3. The summed E-state index contributed by atoms with van der Waals surface area (Å²) in [6.45, 7) is 4.66. The van der Waals surface area contributed by atoms with Crippen LogP contribution >= 0.6 is 0 Å². The Morgan fingerprint density at radius 2 is 1.88 bits per heavy atom. The first-order valence-corrected chi connectivity index (χ1v) is 14.6. The molecule has 3 saturated heterocycles. The number of carbonyl (C=O) groups is 1. The van der Waals surface area contributed by atoms with Crippen LogP contribution in [0.1, 0.15) is 45.1 Å². The summed E-state index contributed by atoms with van der Waals surface area (Å²) >= 11 is 0. The first-order chi connectivity index (χ1) is 20.6. The summed E-state index contributed by atoms with van der Waals surface area (Å²) in [6, 6.07) is 6.97. The second kappa shape index (κ2) is 10.3. The van der Waals surface area contributed by atoms with E-state index in [9.17, 15) is 14.3 Å². The van der Waals surface area contributed by atoms with Gasteiger partial charge in [-0.25, -0.2) is 13.2 Å². The highest BCUT2D eigenvalue weighted by Gasteiger charge is 2.38. The fourth-order valence-corrected chi connectivity index (χ4v) is 6.79. The van der Waals surface area contributed by atoms with E-state index in [0.29, 0.717) is 36.1 Å². The van der Waals surface area contributed by atoms with Gasteiger partial charge in [-0.3, -0.25) is 4.79 Å². The standard InChI is InChI=1S/C32H31F3N4O4/c1-3-20-23(33)7-4-16-10-19(40)11-21(26(16)20)27-24(34)12-22-29(28(27)35)37-31(42-15-32(2)9-8-25(41)43-32)38-30(22)39-13-17-5-6-18(14-39)36-17/h4,7,10-12,17-18,36,40H,3,5-6,8-9,13-15H2,1-2H3. The van der Waals surface area contributed by atoms with Crippen LogP contribution < -0.4 is 15.0 Å². The molecule has 3 aliphatic rings. The Kier molecular flexibility index (Phi) is 6.61. The fraction of sp³-hybridized carbons (Fsp3) is 0.406. The van der Waals surface area contributed by atoms with E-state index < -0.39 is 28.6 Å². The van der Waals surface area contributed by atoms with Crippen LogP contribution in [0.2, 0.25) is 0 Å². The van der Waals surface area contributed by atoms with Crippen molar-refractivity contribution >= 4 is 33.5 Å². The third-order valence-corrected chi connectivity index (χ3v) is 8.86. The molecule has 2 N–H and O–H groups in total. The summed E-state index contributed by atoms with van der Waals surface area (Å²) in [4.78, 5) is 22.8. The van der Waals surface area contributed by atoms with Crippen LogP contribution in [0.3, 0.4) is 0 Å². The third-order valence-electron chi connectivity index (χ3n) is 8.86. The van der Waals surface area contributed by atoms with Crippen molar-refractivity contribution in [3.05, 3.63) is 53.3 Å². The van der Waals surface area contributed by atoms with Crippen molar-refractivity contribution in [3.8, 4) is 22.9 Å². The Labute approximate surface area is 245 Å². The smallest absolute Gasteiger partial charge is 0.319 e. The molecule has 0 saturated carbocycles. The Hall–Kier alpha value is -4.12. The molecule has 3 aliphatic heterocycles. The zero-order valence-corrected chi connectivity index (χ0v) is 23.8. The van der Waals surface area contributed by atoms with Gasteiger partial charge in [0, 0.05) is 43.4 Å². The van der Waals surface area contributed by atoms with E-state index in [-0.39, 0.29) is 71.3 Å². The summed E-state index contributed by atoms with van der Waals surface area (Å²) in [7, 11) is 0. The number of benzene rings is 3. The van der Waals surface area contributed by atoms with Crippen molar-refractivity contribution < 1.29 is 32.5 Å². The minimum absolute atomic E-state index is 0.0245. The summed E-state index contributed by atoms with van der Waals surface area (Å²) < 4.78 is 59.1. The lowest BCUT2D eigenvalue weighted by atomic mass is 9.91. The van der Waals surface area contributed by atoms with Gasteiger partial charge in [-0.05, 0) is 72.4 Å². The van der Waals surface area contributed by atoms with E-state index in [2.05, 4.69) is 15.3 Å². The van der Waals surface area contributed by atoms with E-state index >= 15 is 8.78 Å². The van der Waals surface area contributed by atoms with Crippen molar-refractivity contribution in [3.63, 3.8) is 0 Å². The minimum atomic E-state index is -0.974. The molecule has 2 bridgehead atoms. The zero-order chi connectivity index (χ0) is 30.0. The van der Waals surface area contributed by atoms with Gasteiger partial charge in [-0.1, -0.05) is 13.0 Å². The lowest BCUT2D eigenvalue weighted by Gasteiger charge is -2.34. The molecule has 3 aromatic carbocycles. The van der Waals surface area contributed by atoms with Gasteiger partial charge in [-0.15, -0.1) is 0 Å². The number of ether oxygens (including phenoxy) is 2. The summed E-state index contributed by atoms with van der Waals surface area (Å²) in [5.74, 6) is -2.55. The number of rotatable bonds is 6. The van der Waals surface area contributed by atoms with E-state index in [1.54, 1.807) is 13.8 Å². The van der Waals surface area contributed by atoms with E-state index in [0.717, 1.165) is 12.8 Å². The molecule has 4 heterocycles. The Morgan fingerprint density at radius 1 is 1.12 bits per heavy atom. The molecule has 4 aromatic rings. The normalized spacial score (nSPS) is 23.4. The average Bonchev–Trinajstić information content (AvgIpc) is 3.50. The highest BCUT2D eigenvalue weighted by molar-refractivity contribution is 6.03. The molecule has 0 aliphatic carbocycles. The number of aryl methyl sites for hydroxylation is 1. The number of carbonyl (C=O) groups excluding carboxylic acids is 1. The van der Waals surface area contributed by atoms with E-state index in [4.69, 9.17) is 9.47 Å². The number of nitrogens with one attached hydrogen (secondary N) is 1. The van der Waals surface area contributed by atoms with Crippen molar-refractivity contribution in [1.82, 2.24) is 15.3 Å². The number of fused-ring (bicyclic) bond motifs is 4. The maximum Gasteiger partial charge on any atom is 0.319 e. The number of esters is 1. The van der Waals surface area contributed by atoms with Gasteiger partial charge >= 0.3 is 12.0 Å². The van der Waals surface area contributed by atoms with Crippen molar-refractivity contribution in [2.45, 2.75) is 63.6 Å². The lowest BCUT2D eigenvalue weighted by Crippen LogP contribution is -2.51. The molecular weight excluding hydrogens is 561 g/mol. The van der Waals surface area contributed by atoms with Crippen LogP contribution in [0.25, 0.3) is 32.8 Å². The van der Waals surface area contributed by atoms with Crippen LogP contribution in [-0.4, -0.2) is 58.4 Å². The predicted octanol–water partition coefficient (Wildman–Crippen LogP) is 5.55. The molecule has 3 fully saturated rings. The number of phenolic OH excluding ortho intramolecular Hbond substituents is 1. The SMILES string of the molecule is CCc1c(F)ccc2cc(O)cc(-c3c(F)cc4c(N5CC6CCC(C5)N6)nc(OCC5(C)CCC(=O)O5)nc4c3F)c12. The molecule has 8 nitrogen and oxygen atoms in total. The maximum absolute atomic E-state index is 16.7. The van der Waals surface area contributed by atoms with Gasteiger partial charge in [0.15, 0.2) is 5.82 Å². The molecule has 11 heteroatoms. The van der Waals surface area contributed by atoms with Gasteiger partial charge in [0.25, 0.3) is 0 Å². The lowest BCUT2D eigenvalue weighted by molar-refractivity contribution is -0.149. The number of phenols is 1.